The number of esters is 1. The molecule has 162 valence electrons. The van der Waals surface area contributed by atoms with Gasteiger partial charge in [0.05, 0.1) is 12.2 Å². The highest BCUT2D eigenvalue weighted by atomic mass is 16.5. The number of fused-ring (bicyclic) bond motifs is 1. The standard InChI is InChI=1S/C23H40O5/c1-16(13-20(26)28-15-17(25)14-24)7-8-19-22(4)11-6-10-21(2,3)18(22)9-12-23(19,5)27/h13,17-19,24-25,27H,6-12,14-15H2,1-5H3/t17-,18+,19-,22+,23+/m1/s1. The van der Waals surface area contributed by atoms with Crippen molar-refractivity contribution in [2.45, 2.75) is 91.3 Å². The largest absolute Gasteiger partial charge is 0.460 e. The maximum Gasteiger partial charge on any atom is 0.330 e. The molecule has 0 bridgehead atoms. The predicted molar refractivity (Wildman–Crippen MR) is 110 cm³/mol. The molecule has 2 aliphatic carbocycles. The molecule has 2 saturated carbocycles. The fourth-order valence-electron chi connectivity index (χ4n) is 6.18. The molecule has 0 amide bonds. The lowest BCUT2D eigenvalue weighted by Gasteiger charge is -2.61. The minimum absolute atomic E-state index is 0.121. The number of carbonyl (C=O) groups is 1. The smallest absolute Gasteiger partial charge is 0.330 e. The Kier molecular flexibility index (Phi) is 7.38. The van der Waals surface area contributed by atoms with Crippen molar-refractivity contribution in [3.05, 3.63) is 11.6 Å². The summed E-state index contributed by atoms with van der Waals surface area (Å²) in [6.45, 7) is 10.4. The van der Waals surface area contributed by atoms with Gasteiger partial charge in [0, 0.05) is 6.08 Å². The highest BCUT2D eigenvalue weighted by molar-refractivity contribution is 5.82. The van der Waals surface area contributed by atoms with Crippen molar-refractivity contribution in [3.63, 3.8) is 0 Å². The molecule has 3 N–H and O–H groups in total. The van der Waals surface area contributed by atoms with Crippen LogP contribution in [0.15, 0.2) is 11.6 Å². The molecule has 0 unspecified atom stereocenters. The van der Waals surface area contributed by atoms with Crippen LogP contribution in [0, 0.1) is 22.7 Å². The van der Waals surface area contributed by atoms with Crippen molar-refractivity contribution in [2.24, 2.45) is 22.7 Å². The Bertz CT molecular complexity index is 580. The van der Waals surface area contributed by atoms with E-state index in [1.165, 1.54) is 18.9 Å². The second-order valence-electron chi connectivity index (χ2n) is 10.3. The van der Waals surface area contributed by atoms with Gasteiger partial charge in [-0.05, 0) is 75.0 Å². The molecule has 5 atom stereocenters. The molecule has 0 radical (unpaired) electrons. The van der Waals surface area contributed by atoms with Crippen LogP contribution in [-0.2, 0) is 9.53 Å². The number of rotatable bonds is 7. The van der Waals surface area contributed by atoms with E-state index in [2.05, 4.69) is 20.8 Å². The molecule has 0 aromatic heterocycles. The summed E-state index contributed by atoms with van der Waals surface area (Å²) in [5.41, 5.74) is 0.671. The average molecular weight is 397 g/mol. The Morgan fingerprint density at radius 1 is 1.21 bits per heavy atom. The Morgan fingerprint density at radius 3 is 2.54 bits per heavy atom. The number of hydrogen-bond acceptors (Lipinski definition) is 5. The Morgan fingerprint density at radius 2 is 1.89 bits per heavy atom. The zero-order chi connectivity index (χ0) is 21.2. The average Bonchev–Trinajstić information content (AvgIpc) is 2.57. The monoisotopic (exact) mass is 396 g/mol. The van der Waals surface area contributed by atoms with Crippen LogP contribution in [0.25, 0.3) is 0 Å². The maximum absolute atomic E-state index is 11.9. The van der Waals surface area contributed by atoms with E-state index in [1.807, 2.05) is 13.8 Å². The van der Waals surface area contributed by atoms with Gasteiger partial charge in [-0.15, -0.1) is 0 Å². The van der Waals surface area contributed by atoms with E-state index in [9.17, 15) is 15.0 Å². The molecule has 2 rings (SSSR count). The van der Waals surface area contributed by atoms with E-state index in [-0.39, 0.29) is 17.9 Å². The summed E-state index contributed by atoms with van der Waals surface area (Å²) in [6, 6.07) is 0. The van der Waals surface area contributed by atoms with Gasteiger partial charge in [0.2, 0.25) is 0 Å². The normalized spacial score (nSPS) is 36.5. The van der Waals surface area contributed by atoms with Gasteiger partial charge in [0.1, 0.15) is 12.7 Å². The van der Waals surface area contributed by atoms with Gasteiger partial charge in [-0.1, -0.05) is 32.8 Å². The topological polar surface area (TPSA) is 87.0 Å². The van der Waals surface area contributed by atoms with Crippen LogP contribution >= 0.6 is 0 Å². The van der Waals surface area contributed by atoms with Gasteiger partial charge in [0.15, 0.2) is 0 Å². The van der Waals surface area contributed by atoms with E-state index in [4.69, 9.17) is 9.84 Å². The fraction of sp³-hybridized carbons (Fsp3) is 0.870. The summed E-state index contributed by atoms with van der Waals surface area (Å²) in [5.74, 6) is 0.324. The van der Waals surface area contributed by atoms with Crippen LogP contribution < -0.4 is 0 Å². The zero-order valence-corrected chi connectivity index (χ0v) is 18.3. The summed E-state index contributed by atoms with van der Waals surface area (Å²) < 4.78 is 4.96. The van der Waals surface area contributed by atoms with Crippen molar-refractivity contribution in [2.75, 3.05) is 13.2 Å². The van der Waals surface area contributed by atoms with Crippen molar-refractivity contribution in [1.29, 1.82) is 0 Å². The number of hydrogen-bond donors (Lipinski definition) is 3. The lowest BCUT2D eigenvalue weighted by atomic mass is 9.45. The molecule has 28 heavy (non-hydrogen) atoms. The van der Waals surface area contributed by atoms with E-state index < -0.39 is 24.3 Å². The first-order valence-electron chi connectivity index (χ1n) is 10.8. The lowest BCUT2D eigenvalue weighted by Crippen LogP contribution is -2.57. The van der Waals surface area contributed by atoms with Crippen LogP contribution in [0.1, 0.15) is 79.6 Å². The summed E-state index contributed by atoms with van der Waals surface area (Å²) in [7, 11) is 0. The minimum atomic E-state index is -1.04. The molecule has 0 spiro atoms. The van der Waals surface area contributed by atoms with E-state index in [0.717, 1.165) is 37.7 Å². The molecule has 5 heteroatoms. The van der Waals surface area contributed by atoms with Gasteiger partial charge in [0.25, 0.3) is 0 Å². The van der Waals surface area contributed by atoms with Crippen molar-refractivity contribution in [3.8, 4) is 0 Å². The molecule has 2 aliphatic rings. The molecule has 0 heterocycles. The second-order valence-corrected chi connectivity index (χ2v) is 10.3. The third-order valence-corrected chi connectivity index (χ3v) is 7.58. The highest BCUT2D eigenvalue weighted by Gasteiger charge is 2.57. The lowest BCUT2D eigenvalue weighted by molar-refractivity contribution is -0.168. The Labute approximate surface area is 170 Å². The minimum Gasteiger partial charge on any atom is -0.460 e. The molecular formula is C23H40O5. The van der Waals surface area contributed by atoms with Gasteiger partial charge in [-0.2, -0.15) is 0 Å². The van der Waals surface area contributed by atoms with Crippen molar-refractivity contribution < 1.29 is 24.9 Å². The second kappa shape index (κ2) is 8.85. The van der Waals surface area contributed by atoms with Gasteiger partial charge in [-0.25, -0.2) is 4.79 Å². The van der Waals surface area contributed by atoms with Gasteiger partial charge < -0.3 is 20.1 Å². The first-order chi connectivity index (χ1) is 12.9. The molecule has 0 aromatic rings. The first-order valence-corrected chi connectivity index (χ1v) is 10.8. The SMILES string of the molecule is CC(=CC(=O)OC[C@H](O)CO)CC[C@@H]1[C@@]2(C)CCCC(C)(C)[C@@H]2CC[C@]1(C)O. The van der Waals surface area contributed by atoms with Gasteiger partial charge >= 0.3 is 5.97 Å². The number of ether oxygens (including phenoxy) is 1. The zero-order valence-electron chi connectivity index (χ0n) is 18.3. The Balaban J connectivity index is 2.05. The number of allylic oxidation sites excluding steroid dienone is 1. The number of carbonyl (C=O) groups excluding carboxylic acids is 1. The van der Waals surface area contributed by atoms with E-state index >= 15 is 0 Å². The summed E-state index contributed by atoms with van der Waals surface area (Å²) in [4.78, 5) is 11.9. The van der Waals surface area contributed by atoms with Crippen LogP contribution in [-0.4, -0.2) is 46.2 Å². The van der Waals surface area contributed by atoms with Crippen LogP contribution in [0.2, 0.25) is 0 Å². The molecule has 0 aliphatic heterocycles. The van der Waals surface area contributed by atoms with Crippen LogP contribution in [0.3, 0.4) is 0 Å². The third kappa shape index (κ3) is 5.17. The summed E-state index contributed by atoms with van der Waals surface area (Å²) in [5, 5.41) is 29.3. The molecule has 5 nitrogen and oxygen atoms in total. The van der Waals surface area contributed by atoms with Crippen LogP contribution in [0.5, 0.6) is 0 Å². The molecule has 2 fully saturated rings. The van der Waals surface area contributed by atoms with Crippen molar-refractivity contribution >= 4 is 5.97 Å². The number of aliphatic hydroxyl groups excluding tert-OH is 2. The molecule has 0 saturated heterocycles. The first kappa shape index (κ1) is 23.4. The van der Waals surface area contributed by atoms with Crippen LogP contribution in [0.4, 0.5) is 0 Å². The van der Waals surface area contributed by atoms with Gasteiger partial charge in [-0.3, -0.25) is 0 Å². The summed E-state index contributed by atoms with van der Waals surface area (Å²) >= 11 is 0. The number of aliphatic hydroxyl groups is 3. The summed E-state index contributed by atoms with van der Waals surface area (Å²) in [6.07, 6.45) is 7.56. The quantitative estimate of drug-likeness (QED) is 0.452. The maximum atomic E-state index is 11.9. The highest BCUT2D eigenvalue weighted by Crippen LogP contribution is 2.62. The Hall–Kier alpha value is -0.910. The predicted octanol–water partition coefficient (Wildman–Crippen LogP) is 3.60. The third-order valence-electron chi connectivity index (χ3n) is 7.58. The molecular weight excluding hydrogens is 356 g/mol. The van der Waals surface area contributed by atoms with Crippen molar-refractivity contribution in [1.82, 2.24) is 0 Å². The van der Waals surface area contributed by atoms with E-state index in [0.29, 0.717) is 11.3 Å². The fourth-order valence-corrected chi connectivity index (χ4v) is 6.18. The molecule has 0 aromatic carbocycles. The van der Waals surface area contributed by atoms with E-state index in [1.54, 1.807) is 0 Å².